The molecule has 1 amide bonds. The molecule has 0 radical (unpaired) electrons. The largest absolute Gasteiger partial charge is 0.496 e. The first-order valence-electron chi connectivity index (χ1n) is 7.23. The van der Waals surface area contributed by atoms with E-state index >= 15 is 0 Å². The first kappa shape index (κ1) is 15.4. The van der Waals surface area contributed by atoms with Gasteiger partial charge in [-0.3, -0.25) is 4.79 Å². The van der Waals surface area contributed by atoms with Gasteiger partial charge in [-0.2, -0.15) is 0 Å². The maximum atomic E-state index is 12.7. The normalized spacial score (nSPS) is 10.6. The molecule has 3 aromatic rings. The smallest absolute Gasteiger partial charge is 0.256 e. The number of fused-ring (bicyclic) bond motifs is 1. The Labute approximate surface area is 139 Å². The Hall–Kier alpha value is -2.52. The van der Waals surface area contributed by atoms with Crippen LogP contribution < -0.4 is 10.1 Å². The van der Waals surface area contributed by atoms with Gasteiger partial charge in [-0.25, -0.2) is 0 Å². The van der Waals surface area contributed by atoms with Crippen LogP contribution in [0.2, 0.25) is 5.02 Å². The van der Waals surface area contributed by atoms with E-state index in [0.29, 0.717) is 10.6 Å². The molecule has 3 aromatic carbocycles. The lowest BCUT2D eigenvalue weighted by Crippen LogP contribution is -2.13. The van der Waals surface area contributed by atoms with E-state index in [1.54, 1.807) is 25.3 Å². The van der Waals surface area contributed by atoms with Gasteiger partial charge in [0.2, 0.25) is 0 Å². The molecule has 0 saturated heterocycles. The molecule has 0 saturated carbocycles. The number of methoxy groups -OCH3 is 1. The molecular formula is C19H16ClNO2. The number of amides is 1. The van der Waals surface area contributed by atoms with E-state index < -0.39 is 0 Å². The number of hydrogen-bond donors (Lipinski definition) is 1. The monoisotopic (exact) mass is 325 g/mol. The van der Waals surface area contributed by atoms with Gasteiger partial charge >= 0.3 is 0 Å². The highest BCUT2D eigenvalue weighted by Crippen LogP contribution is 2.29. The number of nitrogens with one attached hydrogen (secondary N) is 1. The molecule has 0 aliphatic heterocycles. The summed E-state index contributed by atoms with van der Waals surface area (Å²) in [5, 5.41) is 5.36. The summed E-state index contributed by atoms with van der Waals surface area (Å²) in [6.07, 6.45) is 0. The first-order valence-corrected chi connectivity index (χ1v) is 7.61. The lowest BCUT2D eigenvalue weighted by atomic mass is 10.0. The topological polar surface area (TPSA) is 38.3 Å². The van der Waals surface area contributed by atoms with Crippen LogP contribution in [0.5, 0.6) is 5.75 Å². The standard InChI is InChI=1S/C19H16ClNO2/c1-12-11-13(20)7-9-17(12)21-19(22)16-8-10-18(23-2)15-6-4-3-5-14(15)16/h3-11H,1-2H3,(H,21,22). The molecule has 3 nitrogen and oxygen atoms in total. The van der Waals surface area contributed by atoms with Crippen molar-refractivity contribution in [3.05, 3.63) is 70.7 Å². The number of carbonyl (C=O) groups is 1. The van der Waals surface area contributed by atoms with Gasteiger partial charge in [-0.1, -0.05) is 35.9 Å². The third kappa shape index (κ3) is 3.01. The van der Waals surface area contributed by atoms with Gasteiger partial charge in [0.05, 0.1) is 7.11 Å². The Bertz CT molecular complexity index is 890. The molecule has 0 atom stereocenters. The van der Waals surface area contributed by atoms with Crippen molar-refractivity contribution in [2.75, 3.05) is 12.4 Å². The number of benzene rings is 3. The highest BCUT2D eigenvalue weighted by molar-refractivity contribution is 6.30. The van der Waals surface area contributed by atoms with E-state index in [9.17, 15) is 4.79 Å². The van der Waals surface area contributed by atoms with Crippen LogP contribution in [-0.2, 0) is 0 Å². The van der Waals surface area contributed by atoms with Gasteiger partial charge in [-0.05, 0) is 48.2 Å². The quantitative estimate of drug-likeness (QED) is 0.730. The van der Waals surface area contributed by atoms with E-state index in [1.807, 2.05) is 43.3 Å². The zero-order valence-electron chi connectivity index (χ0n) is 12.9. The highest BCUT2D eigenvalue weighted by Gasteiger charge is 2.13. The van der Waals surface area contributed by atoms with Gasteiger partial charge in [-0.15, -0.1) is 0 Å². The minimum atomic E-state index is -0.158. The Morgan fingerprint density at radius 3 is 2.48 bits per heavy atom. The van der Waals surface area contributed by atoms with Gasteiger partial charge in [0.25, 0.3) is 5.91 Å². The summed E-state index contributed by atoms with van der Waals surface area (Å²) in [5.74, 6) is 0.592. The fourth-order valence-electron chi connectivity index (χ4n) is 2.60. The molecule has 3 rings (SSSR count). The molecule has 0 spiro atoms. The SMILES string of the molecule is COc1ccc(C(=O)Nc2ccc(Cl)cc2C)c2ccccc12. The number of aryl methyl sites for hydroxylation is 1. The fraction of sp³-hybridized carbons (Fsp3) is 0.105. The van der Waals surface area contributed by atoms with Crippen molar-refractivity contribution in [2.45, 2.75) is 6.92 Å². The fourth-order valence-corrected chi connectivity index (χ4v) is 2.83. The summed E-state index contributed by atoms with van der Waals surface area (Å²) in [5.41, 5.74) is 2.28. The minimum Gasteiger partial charge on any atom is -0.496 e. The molecule has 4 heteroatoms. The molecule has 23 heavy (non-hydrogen) atoms. The molecule has 1 N–H and O–H groups in total. The van der Waals surface area contributed by atoms with Crippen LogP contribution in [0.4, 0.5) is 5.69 Å². The minimum absolute atomic E-state index is 0.158. The average Bonchev–Trinajstić information content (AvgIpc) is 2.56. The van der Waals surface area contributed by atoms with Crippen molar-refractivity contribution in [3.8, 4) is 5.75 Å². The maximum absolute atomic E-state index is 12.7. The Morgan fingerprint density at radius 2 is 1.78 bits per heavy atom. The predicted octanol–water partition coefficient (Wildman–Crippen LogP) is 5.06. The summed E-state index contributed by atoms with van der Waals surface area (Å²) in [6, 6.07) is 16.7. The van der Waals surface area contributed by atoms with Gasteiger partial charge in [0.15, 0.2) is 0 Å². The summed E-state index contributed by atoms with van der Waals surface area (Å²) in [7, 11) is 1.62. The highest BCUT2D eigenvalue weighted by atomic mass is 35.5. The van der Waals surface area contributed by atoms with Crippen molar-refractivity contribution < 1.29 is 9.53 Å². The molecule has 0 aliphatic carbocycles. The summed E-state index contributed by atoms with van der Waals surface area (Å²) >= 11 is 5.96. The lowest BCUT2D eigenvalue weighted by Gasteiger charge is -2.12. The Morgan fingerprint density at radius 1 is 1.04 bits per heavy atom. The second kappa shape index (κ2) is 6.31. The molecule has 0 unspecified atom stereocenters. The molecule has 0 aromatic heterocycles. The number of ether oxygens (including phenoxy) is 1. The molecular weight excluding hydrogens is 310 g/mol. The molecule has 0 fully saturated rings. The second-order valence-electron chi connectivity index (χ2n) is 5.27. The van der Waals surface area contributed by atoms with Crippen molar-refractivity contribution >= 4 is 34.0 Å². The predicted molar refractivity (Wildman–Crippen MR) is 94.6 cm³/mol. The van der Waals surface area contributed by atoms with Gasteiger partial charge in [0, 0.05) is 21.7 Å². The number of halogens is 1. The summed E-state index contributed by atoms with van der Waals surface area (Å²) < 4.78 is 5.37. The molecule has 0 bridgehead atoms. The van der Waals surface area contributed by atoms with E-state index in [2.05, 4.69) is 5.32 Å². The zero-order chi connectivity index (χ0) is 16.4. The number of anilines is 1. The van der Waals surface area contributed by atoms with E-state index in [1.165, 1.54) is 0 Å². The average molecular weight is 326 g/mol. The Kier molecular flexibility index (Phi) is 4.22. The summed E-state index contributed by atoms with van der Waals surface area (Å²) in [4.78, 5) is 12.7. The number of hydrogen-bond acceptors (Lipinski definition) is 2. The van der Waals surface area contributed by atoms with Crippen LogP contribution in [-0.4, -0.2) is 13.0 Å². The van der Waals surface area contributed by atoms with E-state index in [4.69, 9.17) is 16.3 Å². The van der Waals surface area contributed by atoms with Crippen molar-refractivity contribution in [2.24, 2.45) is 0 Å². The van der Waals surface area contributed by atoms with Crippen molar-refractivity contribution in [1.29, 1.82) is 0 Å². The maximum Gasteiger partial charge on any atom is 0.256 e. The molecule has 0 aliphatic rings. The van der Waals surface area contributed by atoms with Crippen LogP contribution >= 0.6 is 11.6 Å². The molecule has 0 heterocycles. The third-order valence-electron chi connectivity index (χ3n) is 3.79. The van der Waals surface area contributed by atoms with E-state index in [-0.39, 0.29) is 5.91 Å². The molecule has 116 valence electrons. The van der Waals surface area contributed by atoms with Crippen LogP contribution in [0, 0.1) is 6.92 Å². The second-order valence-corrected chi connectivity index (χ2v) is 5.71. The van der Waals surface area contributed by atoms with Crippen LogP contribution in [0.1, 0.15) is 15.9 Å². The summed E-state index contributed by atoms with van der Waals surface area (Å²) in [6.45, 7) is 1.91. The van der Waals surface area contributed by atoms with E-state index in [0.717, 1.165) is 27.8 Å². The Balaban J connectivity index is 2.01. The number of rotatable bonds is 3. The van der Waals surface area contributed by atoms with Gasteiger partial charge in [0.1, 0.15) is 5.75 Å². The van der Waals surface area contributed by atoms with Crippen molar-refractivity contribution in [1.82, 2.24) is 0 Å². The first-order chi connectivity index (χ1) is 11.1. The van der Waals surface area contributed by atoms with Crippen LogP contribution in [0.3, 0.4) is 0 Å². The zero-order valence-corrected chi connectivity index (χ0v) is 13.6. The third-order valence-corrected chi connectivity index (χ3v) is 4.02. The van der Waals surface area contributed by atoms with Crippen LogP contribution in [0.25, 0.3) is 10.8 Å². The van der Waals surface area contributed by atoms with Gasteiger partial charge < -0.3 is 10.1 Å². The van der Waals surface area contributed by atoms with Crippen molar-refractivity contribution in [3.63, 3.8) is 0 Å². The number of carbonyl (C=O) groups excluding carboxylic acids is 1. The van der Waals surface area contributed by atoms with Crippen LogP contribution in [0.15, 0.2) is 54.6 Å². The lowest BCUT2D eigenvalue weighted by molar-refractivity contribution is 0.102.